The van der Waals surface area contributed by atoms with Crippen LogP contribution in [-0.4, -0.2) is 33.0 Å². The molecule has 142 valence electrons. The molecule has 0 spiro atoms. The minimum absolute atomic E-state index is 0.332. The summed E-state index contributed by atoms with van der Waals surface area (Å²) >= 11 is 0. The molecule has 3 aromatic heterocycles. The van der Waals surface area contributed by atoms with Gasteiger partial charge >= 0.3 is 5.97 Å². The first kappa shape index (κ1) is 18.0. The molecule has 0 aliphatic heterocycles. The van der Waals surface area contributed by atoms with E-state index in [2.05, 4.69) is 20.3 Å². The van der Waals surface area contributed by atoms with E-state index in [1.807, 2.05) is 31.2 Å². The first-order chi connectivity index (χ1) is 13.6. The Bertz CT molecular complexity index is 1000. The van der Waals surface area contributed by atoms with Gasteiger partial charge < -0.3 is 10.1 Å². The second-order valence-electron chi connectivity index (χ2n) is 6.81. The van der Waals surface area contributed by atoms with E-state index in [0.29, 0.717) is 23.9 Å². The zero-order valence-electron chi connectivity index (χ0n) is 15.8. The summed E-state index contributed by atoms with van der Waals surface area (Å²) in [4.78, 5) is 29.9. The molecule has 3 heterocycles. The average Bonchev–Trinajstić information content (AvgIpc) is 3.57. The van der Waals surface area contributed by atoms with Crippen molar-refractivity contribution in [3.05, 3.63) is 65.4 Å². The van der Waals surface area contributed by atoms with Crippen LogP contribution in [0.25, 0.3) is 11.4 Å². The van der Waals surface area contributed by atoms with Crippen LogP contribution in [0.15, 0.2) is 42.7 Å². The Hall–Kier alpha value is -3.35. The van der Waals surface area contributed by atoms with Gasteiger partial charge in [-0.05, 0) is 44.0 Å². The number of nitrogens with zero attached hydrogens (tertiary/aromatic N) is 4. The molecule has 1 aliphatic carbocycles. The number of methoxy groups -OCH3 is 1. The second-order valence-corrected chi connectivity index (χ2v) is 6.81. The van der Waals surface area contributed by atoms with E-state index in [-0.39, 0.29) is 5.97 Å². The summed E-state index contributed by atoms with van der Waals surface area (Å²) < 4.78 is 4.88. The molecule has 1 fully saturated rings. The highest BCUT2D eigenvalue weighted by molar-refractivity contribution is 5.90. The molecule has 0 bridgehead atoms. The molecule has 0 atom stereocenters. The first-order valence-corrected chi connectivity index (χ1v) is 9.22. The van der Waals surface area contributed by atoms with Crippen LogP contribution in [0.1, 0.15) is 46.2 Å². The molecular formula is C21H21N5O2. The van der Waals surface area contributed by atoms with Crippen LogP contribution >= 0.6 is 0 Å². The summed E-state index contributed by atoms with van der Waals surface area (Å²) in [6.07, 6.45) is 5.59. The highest BCUT2D eigenvalue weighted by Gasteiger charge is 2.30. The number of aromatic nitrogens is 4. The van der Waals surface area contributed by atoms with Gasteiger partial charge in [0.1, 0.15) is 5.82 Å². The third kappa shape index (κ3) is 3.98. The summed E-state index contributed by atoms with van der Waals surface area (Å²) in [5.74, 6) is 1.37. The highest BCUT2D eigenvalue weighted by Crippen LogP contribution is 2.40. The van der Waals surface area contributed by atoms with Crippen LogP contribution in [0.4, 0.5) is 5.82 Å². The van der Waals surface area contributed by atoms with E-state index in [1.165, 1.54) is 7.11 Å². The largest absolute Gasteiger partial charge is 0.465 e. The van der Waals surface area contributed by atoms with Crippen molar-refractivity contribution >= 4 is 11.8 Å². The van der Waals surface area contributed by atoms with Gasteiger partial charge in [-0.3, -0.25) is 9.97 Å². The number of rotatable bonds is 6. The molecule has 0 aromatic carbocycles. The van der Waals surface area contributed by atoms with Gasteiger partial charge in [-0.1, -0.05) is 0 Å². The Kier molecular flexibility index (Phi) is 4.97. The number of hydrogen-bond acceptors (Lipinski definition) is 7. The first-order valence-electron chi connectivity index (χ1n) is 9.22. The van der Waals surface area contributed by atoms with Gasteiger partial charge in [-0.25, -0.2) is 14.8 Å². The maximum Gasteiger partial charge on any atom is 0.339 e. The van der Waals surface area contributed by atoms with Crippen LogP contribution in [0.2, 0.25) is 0 Å². The molecule has 4 rings (SSSR count). The fourth-order valence-electron chi connectivity index (χ4n) is 3.03. The van der Waals surface area contributed by atoms with Gasteiger partial charge in [0.2, 0.25) is 0 Å². The average molecular weight is 375 g/mol. The summed E-state index contributed by atoms with van der Waals surface area (Å²) in [5, 5.41) is 3.31. The predicted molar refractivity (Wildman–Crippen MR) is 105 cm³/mol. The molecule has 0 amide bonds. The molecule has 0 unspecified atom stereocenters. The Balaban J connectivity index is 1.54. The monoisotopic (exact) mass is 375 g/mol. The molecule has 7 nitrogen and oxygen atoms in total. The fraction of sp³-hybridized carbons (Fsp3) is 0.286. The molecule has 3 aromatic rings. The maximum atomic E-state index is 12.0. The quantitative estimate of drug-likeness (QED) is 0.659. The van der Waals surface area contributed by atoms with E-state index >= 15 is 0 Å². The summed E-state index contributed by atoms with van der Waals surface area (Å²) in [6.45, 7) is 2.44. The summed E-state index contributed by atoms with van der Waals surface area (Å²) in [6, 6.07) is 9.34. The third-order valence-corrected chi connectivity index (χ3v) is 4.58. The standard InChI is InChI=1S/C21H21N5O2/c1-13-10-18(26-20(24-13)15-4-3-9-22-11-15)23-12-16-7-8-17(21(27)28-2)19(25-16)14-5-6-14/h3-4,7-11,14H,5-6,12H2,1-2H3,(H,23,24,26). The minimum atomic E-state index is -0.332. The second kappa shape index (κ2) is 7.72. The van der Waals surface area contributed by atoms with Crippen molar-refractivity contribution in [2.75, 3.05) is 12.4 Å². The zero-order chi connectivity index (χ0) is 19.5. The number of carbonyl (C=O) groups is 1. The number of ether oxygens (including phenoxy) is 1. The van der Waals surface area contributed by atoms with Gasteiger partial charge in [-0.15, -0.1) is 0 Å². The van der Waals surface area contributed by atoms with Crippen LogP contribution in [0, 0.1) is 6.92 Å². The highest BCUT2D eigenvalue weighted by atomic mass is 16.5. The number of anilines is 1. The molecule has 1 aliphatic rings. The number of aryl methyl sites for hydroxylation is 1. The number of nitrogens with one attached hydrogen (secondary N) is 1. The zero-order valence-corrected chi connectivity index (χ0v) is 15.8. The number of carbonyl (C=O) groups excluding carboxylic acids is 1. The van der Waals surface area contributed by atoms with Gasteiger partial charge in [0.25, 0.3) is 0 Å². The van der Waals surface area contributed by atoms with Crippen LogP contribution < -0.4 is 5.32 Å². The van der Waals surface area contributed by atoms with Crippen molar-refractivity contribution in [3.8, 4) is 11.4 Å². The minimum Gasteiger partial charge on any atom is -0.465 e. The van der Waals surface area contributed by atoms with Crippen molar-refractivity contribution in [1.29, 1.82) is 0 Å². The fourth-order valence-corrected chi connectivity index (χ4v) is 3.03. The van der Waals surface area contributed by atoms with Gasteiger partial charge in [0, 0.05) is 35.6 Å². The molecule has 1 saturated carbocycles. The Morgan fingerprint density at radius 1 is 1.21 bits per heavy atom. The van der Waals surface area contributed by atoms with Crippen molar-refractivity contribution in [3.63, 3.8) is 0 Å². The lowest BCUT2D eigenvalue weighted by atomic mass is 10.1. The van der Waals surface area contributed by atoms with Gasteiger partial charge in [-0.2, -0.15) is 0 Å². The number of hydrogen-bond donors (Lipinski definition) is 1. The van der Waals surface area contributed by atoms with Crippen LogP contribution in [0.3, 0.4) is 0 Å². The molecular weight excluding hydrogens is 354 g/mol. The van der Waals surface area contributed by atoms with Gasteiger partial charge in [0.15, 0.2) is 5.82 Å². The number of pyridine rings is 2. The molecule has 7 heteroatoms. The van der Waals surface area contributed by atoms with E-state index in [0.717, 1.165) is 41.3 Å². The van der Waals surface area contributed by atoms with E-state index in [4.69, 9.17) is 9.72 Å². The SMILES string of the molecule is COC(=O)c1ccc(CNc2cc(C)nc(-c3cccnc3)n2)nc1C1CC1. The molecule has 0 saturated heterocycles. The molecule has 28 heavy (non-hydrogen) atoms. The van der Waals surface area contributed by atoms with E-state index in [9.17, 15) is 4.79 Å². The Morgan fingerprint density at radius 2 is 2.07 bits per heavy atom. The maximum absolute atomic E-state index is 12.0. The lowest BCUT2D eigenvalue weighted by molar-refractivity contribution is 0.0598. The van der Waals surface area contributed by atoms with Crippen molar-refractivity contribution in [1.82, 2.24) is 19.9 Å². The lowest BCUT2D eigenvalue weighted by Gasteiger charge is -2.11. The lowest BCUT2D eigenvalue weighted by Crippen LogP contribution is -2.11. The smallest absolute Gasteiger partial charge is 0.339 e. The number of esters is 1. The van der Waals surface area contributed by atoms with Crippen molar-refractivity contribution in [2.24, 2.45) is 0 Å². The van der Waals surface area contributed by atoms with Crippen LogP contribution in [-0.2, 0) is 11.3 Å². The summed E-state index contributed by atoms with van der Waals surface area (Å²) in [7, 11) is 1.39. The van der Waals surface area contributed by atoms with Crippen LogP contribution in [0.5, 0.6) is 0 Å². The van der Waals surface area contributed by atoms with E-state index < -0.39 is 0 Å². The Morgan fingerprint density at radius 3 is 2.79 bits per heavy atom. The summed E-state index contributed by atoms with van der Waals surface area (Å²) in [5.41, 5.74) is 3.98. The van der Waals surface area contributed by atoms with Crippen molar-refractivity contribution in [2.45, 2.75) is 32.2 Å². The normalized spacial score (nSPS) is 13.2. The van der Waals surface area contributed by atoms with E-state index in [1.54, 1.807) is 18.5 Å². The van der Waals surface area contributed by atoms with Gasteiger partial charge in [0.05, 0.1) is 30.6 Å². The molecule has 1 N–H and O–H groups in total. The van der Waals surface area contributed by atoms with Crippen molar-refractivity contribution < 1.29 is 9.53 Å². The predicted octanol–water partition coefficient (Wildman–Crippen LogP) is 3.52. The molecule has 0 radical (unpaired) electrons. The Labute approximate surface area is 163 Å². The topological polar surface area (TPSA) is 89.9 Å². The third-order valence-electron chi connectivity index (χ3n) is 4.58.